The van der Waals surface area contributed by atoms with Crippen molar-refractivity contribution >= 4 is 17.6 Å². The molecule has 1 aromatic carbocycles. The van der Waals surface area contributed by atoms with E-state index in [4.69, 9.17) is 0 Å². The van der Waals surface area contributed by atoms with Gasteiger partial charge >= 0.3 is 0 Å². The fourth-order valence-corrected chi connectivity index (χ4v) is 3.24. The number of pyridine rings is 1. The third-order valence-electron chi connectivity index (χ3n) is 4.64. The first-order valence-corrected chi connectivity index (χ1v) is 8.59. The summed E-state index contributed by atoms with van der Waals surface area (Å²) in [4.78, 5) is 32.6. The van der Waals surface area contributed by atoms with Crippen LogP contribution in [0.3, 0.4) is 0 Å². The molecule has 0 radical (unpaired) electrons. The highest BCUT2D eigenvalue weighted by Crippen LogP contribution is 2.25. The standard InChI is InChI=1S/C20H18N4O2/c25-17(7-6-15-4-2-1-3-5-15)23-10-12-24(13-11-23)19-18-16(8-9-21-19)14-22-20(18)26/h1-5,8-9H,10-14H2,(H,22,26). The lowest BCUT2D eigenvalue weighted by molar-refractivity contribution is -0.125. The van der Waals surface area contributed by atoms with Crippen molar-refractivity contribution in [3.05, 3.63) is 59.3 Å². The average Bonchev–Trinajstić information content (AvgIpc) is 3.08. The lowest BCUT2D eigenvalue weighted by Crippen LogP contribution is -2.49. The van der Waals surface area contributed by atoms with Crippen molar-refractivity contribution in [2.45, 2.75) is 6.54 Å². The largest absolute Gasteiger partial charge is 0.352 e. The van der Waals surface area contributed by atoms with Gasteiger partial charge in [-0.05, 0) is 23.8 Å². The molecule has 2 aliphatic rings. The van der Waals surface area contributed by atoms with Crippen LogP contribution in [0, 0.1) is 11.8 Å². The van der Waals surface area contributed by atoms with Gasteiger partial charge in [-0.1, -0.05) is 24.1 Å². The third kappa shape index (κ3) is 3.11. The minimum Gasteiger partial charge on any atom is -0.352 e. The number of piperazine rings is 1. The molecule has 0 spiro atoms. The number of anilines is 1. The van der Waals surface area contributed by atoms with Crippen LogP contribution in [-0.4, -0.2) is 47.9 Å². The Hall–Kier alpha value is -3.33. The smallest absolute Gasteiger partial charge is 0.298 e. The number of amides is 2. The number of carbonyl (C=O) groups is 2. The zero-order chi connectivity index (χ0) is 17.9. The zero-order valence-electron chi connectivity index (χ0n) is 14.2. The van der Waals surface area contributed by atoms with E-state index in [2.05, 4.69) is 27.0 Å². The number of fused-ring (bicyclic) bond motifs is 1. The molecule has 2 aromatic rings. The molecule has 1 aromatic heterocycles. The van der Waals surface area contributed by atoms with Crippen LogP contribution in [0.2, 0.25) is 0 Å². The van der Waals surface area contributed by atoms with Crippen molar-refractivity contribution in [2.24, 2.45) is 0 Å². The second-order valence-electron chi connectivity index (χ2n) is 6.25. The van der Waals surface area contributed by atoms with Crippen molar-refractivity contribution in [1.29, 1.82) is 0 Å². The SMILES string of the molecule is O=C1NCc2ccnc(N3CCN(C(=O)C#Cc4ccccc4)CC3)c21. The van der Waals surface area contributed by atoms with Gasteiger partial charge in [0.05, 0.1) is 5.56 Å². The number of hydrogen-bond donors (Lipinski definition) is 1. The summed E-state index contributed by atoms with van der Waals surface area (Å²) in [5, 5.41) is 2.84. The van der Waals surface area contributed by atoms with Gasteiger partial charge in [-0.3, -0.25) is 9.59 Å². The molecule has 1 saturated heterocycles. The molecule has 6 nitrogen and oxygen atoms in total. The van der Waals surface area contributed by atoms with Crippen LogP contribution in [0.5, 0.6) is 0 Å². The highest BCUT2D eigenvalue weighted by Gasteiger charge is 2.28. The molecule has 26 heavy (non-hydrogen) atoms. The summed E-state index contributed by atoms with van der Waals surface area (Å²) in [6.07, 6.45) is 1.73. The van der Waals surface area contributed by atoms with Crippen molar-refractivity contribution in [3.8, 4) is 11.8 Å². The molecular weight excluding hydrogens is 328 g/mol. The Morgan fingerprint density at radius 1 is 1.08 bits per heavy atom. The Balaban J connectivity index is 1.42. The van der Waals surface area contributed by atoms with Gasteiger partial charge < -0.3 is 15.1 Å². The second kappa shape index (κ2) is 6.89. The van der Waals surface area contributed by atoms with Gasteiger partial charge in [0.2, 0.25) is 0 Å². The molecule has 0 unspecified atom stereocenters. The monoisotopic (exact) mass is 346 g/mol. The van der Waals surface area contributed by atoms with E-state index in [-0.39, 0.29) is 11.8 Å². The molecule has 3 heterocycles. The van der Waals surface area contributed by atoms with Gasteiger partial charge in [0.15, 0.2) is 0 Å². The highest BCUT2D eigenvalue weighted by atomic mass is 16.2. The van der Waals surface area contributed by atoms with Gasteiger partial charge in [0.25, 0.3) is 11.8 Å². The summed E-state index contributed by atoms with van der Waals surface area (Å²) in [6.45, 7) is 2.95. The number of aromatic nitrogens is 1. The van der Waals surface area contributed by atoms with Gasteiger partial charge in [0.1, 0.15) is 5.82 Å². The van der Waals surface area contributed by atoms with Crippen LogP contribution >= 0.6 is 0 Å². The molecule has 2 amide bonds. The summed E-state index contributed by atoms with van der Waals surface area (Å²) in [5.41, 5.74) is 2.47. The quantitative estimate of drug-likeness (QED) is 0.783. The minimum absolute atomic E-state index is 0.0738. The molecule has 6 heteroatoms. The molecule has 130 valence electrons. The summed E-state index contributed by atoms with van der Waals surface area (Å²) >= 11 is 0. The van der Waals surface area contributed by atoms with E-state index in [0.29, 0.717) is 44.1 Å². The zero-order valence-corrected chi connectivity index (χ0v) is 14.2. The lowest BCUT2D eigenvalue weighted by Gasteiger charge is -2.35. The first-order chi connectivity index (χ1) is 12.7. The summed E-state index contributed by atoms with van der Waals surface area (Å²) in [5.74, 6) is 6.08. The Bertz CT molecular complexity index is 906. The van der Waals surface area contributed by atoms with Crippen LogP contribution in [0.4, 0.5) is 5.82 Å². The van der Waals surface area contributed by atoms with Crippen LogP contribution in [0.1, 0.15) is 21.5 Å². The first-order valence-electron chi connectivity index (χ1n) is 8.59. The molecule has 0 saturated carbocycles. The topological polar surface area (TPSA) is 65.5 Å². The third-order valence-corrected chi connectivity index (χ3v) is 4.64. The molecule has 0 bridgehead atoms. The van der Waals surface area contributed by atoms with Crippen LogP contribution < -0.4 is 10.2 Å². The van der Waals surface area contributed by atoms with Crippen LogP contribution in [0.15, 0.2) is 42.6 Å². The van der Waals surface area contributed by atoms with Gasteiger partial charge in [-0.2, -0.15) is 0 Å². The Morgan fingerprint density at radius 2 is 1.85 bits per heavy atom. The predicted octanol–water partition coefficient (Wildman–Crippen LogP) is 1.03. The molecule has 4 rings (SSSR count). The van der Waals surface area contributed by atoms with E-state index in [0.717, 1.165) is 11.1 Å². The number of nitrogens with zero attached hydrogens (tertiary/aromatic N) is 3. The Kier molecular flexibility index (Phi) is 4.28. The van der Waals surface area contributed by atoms with Crippen molar-refractivity contribution in [3.63, 3.8) is 0 Å². The summed E-state index contributed by atoms with van der Waals surface area (Å²) < 4.78 is 0. The van der Waals surface area contributed by atoms with E-state index < -0.39 is 0 Å². The van der Waals surface area contributed by atoms with Crippen molar-refractivity contribution in [1.82, 2.24) is 15.2 Å². The molecule has 1 fully saturated rings. The Morgan fingerprint density at radius 3 is 2.62 bits per heavy atom. The molecule has 0 aliphatic carbocycles. The van der Waals surface area contributed by atoms with Crippen molar-refractivity contribution < 1.29 is 9.59 Å². The Labute approximate surface area is 151 Å². The minimum atomic E-state index is -0.169. The maximum atomic E-state index is 12.3. The highest BCUT2D eigenvalue weighted by molar-refractivity contribution is 6.02. The molecule has 1 N–H and O–H groups in total. The van der Waals surface area contributed by atoms with E-state index >= 15 is 0 Å². The molecular formula is C20H18N4O2. The predicted molar refractivity (Wildman–Crippen MR) is 97.5 cm³/mol. The molecule has 2 aliphatic heterocycles. The maximum Gasteiger partial charge on any atom is 0.298 e. The number of rotatable bonds is 1. The van der Waals surface area contributed by atoms with E-state index in [1.807, 2.05) is 36.4 Å². The fourth-order valence-electron chi connectivity index (χ4n) is 3.24. The summed E-state index contributed by atoms with van der Waals surface area (Å²) in [6, 6.07) is 11.3. The van der Waals surface area contributed by atoms with Crippen LogP contribution in [0.25, 0.3) is 0 Å². The molecule has 0 atom stereocenters. The van der Waals surface area contributed by atoms with E-state index in [9.17, 15) is 9.59 Å². The average molecular weight is 346 g/mol. The number of benzene rings is 1. The fraction of sp³-hybridized carbons (Fsp3) is 0.250. The van der Waals surface area contributed by atoms with Crippen LogP contribution in [-0.2, 0) is 11.3 Å². The van der Waals surface area contributed by atoms with Gasteiger partial charge in [-0.15, -0.1) is 0 Å². The number of hydrogen-bond acceptors (Lipinski definition) is 4. The normalized spacial score (nSPS) is 15.8. The number of carbonyl (C=O) groups excluding carboxylic acids is 2. The maximum absolute atomic E-state index is 12.3. The van der Waals surface area contributed by atoms with Gasteiger partial charge in [0, 0.05) is 50.4 Å². The lowest BCUT2D eigenvalue weighted by atomic mass is 10.1. The van der Waals surface area contributed by atoms with E-state index in [1.165, 1.54) is 0 Å². The van der Waals surface area contributed by atoms with Gasteiger partial charge in [-0.25, -0.2) is 4.98 Å². The summed E-state index contributed by atoms with van der Waals surface area (Å²) in [7, 11) is 0. The first kappa shape index (κ1) is 16.2. The number of nitrogens with one attached hydrogen (secondary N) is 1. The van der Waals surface area contributed by atoms with Crippen molar-refractivity contribution in [2.75, 3.05) is 31.1 Å². The van der Waals surface area contributed by atoms with E-state index in [1.54, 1.807) is 11.1 Å². The second-order valence-corrected chi connectivity index (χ2v) is 6.25.